The summed E-state index contributed by atoms with van der Waals surface area (Å²) in [5.41, 5.74) is -2.13. The summed E-state index contributed by atoms with van der Waals surface area (Å²) >= 11 is 6.08. The van der Waals surface area contributed by atoms with E-state index in [1.54, 1.807) is 20.8 Å². The van der Waals surface area contributed by atoms with Crippen LogP contribution in [0.25, 0.3) is 10.9 Å². The van der Waals surface area contributed by atoms with Gasteiger partial charge in [-0.3, -0.25) is 14.3 Å². The second-order valence-electron chi connectivity index (χ2n) is 11.6. The molecule has 0 aliphatic carbocycles. The van der Waals surface area contributed by atoms with E-state index < -0.39 is 38.8 Å². The highest BCUT2D eigenvalue weighted by atomic mass is 35.5. The second kappa shape index (κ2) is 12.4. The highest BCUT2D eigenvalue weighted by Gasteiger charge is 2.35. The number of rotatable bonds is 7. The number of piperidine rings is 1. The van der Waals surface area contributed by atoms with Gasteiger partial charge in [0.2, 0.25) is 0 Å². The summed E-state index contributed by atoms with van der Waals surface area (Å²) in [6, 6.07) is 5.95. The van der Waals surface area contributed by atoms with Crippen LogP contribution in [0.5, 0.6) is 0 Å². The fourth-order valence-electron chi connectivity index (χ4n) is 5.10. The van der Waals surface area contributed by atoms with Crippen molar-refractivity contribution >= 4 is 38.4 Å². The largest absolute Gasteiger partial charge is 0.444 e. The van der Waals surface area contributed by atoms with E-state index in [2.05, 4.69) is 10.3 Å². The van der Waals surface area contributed by atoms with Gasteiger partial charge in [0.1, 0.15) is 5.60 Å². The number of nitrogens with zero attached hydrogens (tertiary/aromatic N) is 3. The lowest BCUT2D eigenvalue weighted by Gasteiger charge is -2.34. The molecule has 1 atom stereocenters. The number of benzene rings is 2. The maximum Gasteiger partial charge on any atom is 0.416 e. The summed E-state index contributed by atoms with van der Waals surface area (Å²) in [5, 5.41) is 2.79. The number of ether oxygens (including phenoxy) is 1. The van der Waals surface area contributed by atoms with Crippen molar-refractivity contribution in [3.63, 3.8) is 0 Å². The molecule has 0 spiro atoms. The Labute approximate surface area is 252 Å². The van der Waals surface area contributed by atoms with Crippen molar-refractivity contribution in [2.75, 3.05) is 18.8 Å². The molecule has 1 aliphatic heterocycles. The number of hydrogen-bond donors (Lipinski definition) is 1. The minimum atomic E-state index is -4.75. The number of nitrogens with one attached hydrogen (secondary N) is 1. The summed E-state index contributed by atoms with van der Waals surface area (Å²) in [5.74, 6) is -0.181. The second-order valence-corrected chi connectivity index (χ2v) is 14.3. The van der Waals surface area contributed by atoms with Gasteiger partial charge in [-0.25, -0.2) is 18.2 Å². The highest BCUT2D eigenvalue weighted by Crippen LogP contribution is 2.35. The van der Waals surface area contributed by atoms with Gasteiger partial charge in [-0.15, -0.1) is 0 Å². The molecule has 1 aliphatic rings. The number of alkyl halides is 3. The molecule has 0 radical (unpaired) electrons. The number of hydrogen-bond acceptors (Lipinski definition) is 7. The fraction of sp³-hybridized carbons (Fsp3) is 0.483. The lowest BCUT2D eigenvalue weighted by Crippen LogP contribution is -2.48. The molecule has 0 bridgehead atoms. The van der Waals surface area contributed by atoms with E-state index in [4.69, 9.17) is 16.3 Å². The molecule has 2 heterocycles. The van der Waals surface area contributed by atoms with Gasteiger partial charge in [-0.2, -0.15) is 13.2 Å². The maximum absolute atomic E-state index is 14.3. The Balaban J connectivity index is 1.65. The topological polar surface area (TPSA) is 111 Å². The quantitative estimate of drug-likeness (QED) is 0.367. The van der Waals surface area contributed by atoms with Crippen molar-refractivity contribution in [2.24, 2.45) is 0 Å². The van der Waals surface area contributed by atoms with Crippen LogP contribution in [0.15, 0.2) is 46.3 Å². The molecule has 43 heavy (non-hydrogen) atoms. The Morgan fingerprint density at radius 2 is 1.86 bits per heavy atom. The van der Waals surface area contributed by atoms with Crippen LogP contribution in [-0.2, 0) is 33.8 Å². The van der Waals surface area contributed by atoms with Crippen LogP contribution < -0.4 is 10.9 Å². The van der Waals surface area contributed by atoms with Gasteiger partial charge in [0, 0.05) is 24.2 Å². The SMILES string of the molecule is CCS(=O)(=O)c1ccc(Cl)cc1Cn1cnc2cc(CN3CCC[C@H](NC(=O)OC(C)(C)C)C3)c(C(F)(F)F)cc2c1=O. The maximum atomic E-state index is 14.3. The van der Waals surface area contributed by atoms with Crippen LogP contribution in [0.3, 0.4) is 0 Å². The first kappa shape index (κ1) is 32.7. The van der Waals surface area contributed by atoms with Crippen LogP contribution in [0.1, 0.15) is 57.2 Å². The molecular formula is C29H34ClF3N4O5S. The molecule has 2 aromatic carbocycles. The van der Waals surface area contributed by atoms with Crippen LogP contribution in [0, 0.1) is 0 Å². The van der Waals surface area contributed by atoms with Crippen LogP contribution >= 0.6 is 11.6 Å². The number of alkyl carbamates (subject to hydrolysis) is 1. The predicted molar refractivity (Wildman–Crippen MR) is 157 cm³/mol. The molecule has 14 heteroatoms. The molecule has 0 unspecified atom stereocenters. The van der Waals surface area contributed by atoms with Gasteiger partial charge >= 0.3 is 12.3 Å². The minimum Gasteiger partial charge on any atom is -0.444 e. The van der Waals surface area contributed by atoms with Crippen molar-refractivity contribution < 1.29 is 31.1 Å². The monoisotopic (exact) mass is 642 g/mol. The van der Waals surface area contributed by atoms with Gasteiger partial charge in [0.05, 0.1) is 40.0 Å². The summed E-state index contributed by atoms with van der Waals surface area (Å²) < 4.78 is 74.4. The molecule has 1 fully saturated rings. The van der Waals surface area contributed by atoms with E-state index in [-0.39, 0.29) is 56.8 Å². The Kier molecular flexibility index (Phi) is 9.48. The number of amides is 1. The van der Waals surface area contributed by atoms with E-state index in [9.17, 15) is 31.2 Å². The van der Waals surface area contributed by atoms with E-state index in [0.717, 1.165) is 10.6 Å². The zero-order valence-electron chi connectivity index (χ0n) is 24.3. The standard InChI is InChI=1S/C29H34ClF3N4O5S/c1-5-43(40,41)25-9-8-20(30)11-19(25)15-37-17-34-24-12-18(23(29(31,32)33)13-22(24)26(37)38)14-36-10-6-7-21(16-36)35-27(39)42-28(2,3)4/h8-9,11-13,17,21H,5-7,10,14-16H2,1-4H3,(H,35,39)/t21-/m0/s1. The Bertz CT molecular complexity index is 1690. The minimum absolute atomic E-state index is 0.0151. The number of fused-ring (bicyclic) bond motifs is 1. The fourth-order valence-corrected chi connectivity index (χ4v) is 6.41. The number of halogens is 4. The molecule has 1 amide bonds. The first-order valence-electron chi connectivity index (χ1n) is 13.8. The third-order valence-electron chi connectivity index (χ3n) is 7.05. The average Bonchev–Trinajstić information content (AvgIpc) is 2.88. The van der Waals surface area contributed by atoms with Gasteiger partial charge in [0.25, 0.3) is 5.56 Å². The van der Waals surface area contributed by atoms with E-state index in [0.29, 0.717) is 25.9 Å². The summed E-state index contributed by atoms with van der Waals surface area (Å²) in [6.07, 6.45) is -2.83. The summed E-state index contributed by atoms with van der Waals surface area (Å²) in [7, 11) is -3.66. The summed E-state index contributed by atoms with van der Waals surface area (Å²) in [4.78, 5) is 31.7. The smallest absolute Gasteiger partial charge is 0.416 e. The third kappa shape index (κ3) is 8.07. The van der Waals surface area contributed by atoms with Crippen LogP contribution in [-0.4, -0.2) is 59.4 Å². The van der Waals surface area contributed by atoms with Crippen LogP contribution in [0.4, 0.5) is 18.0 Å². The lowest BCUT2D eigenvalue weighted by atomic mass is 10.0. The number of carbonyl (C=O) groups excluding carboxylic acids is 1. The van der Waals surface area contributed by atoms with Crippen molar-refractivity contribution in [3.8, 4) is 0 Å². The average molecular weight is 643 g/mol. The molecule has 1 N–H and O–H groups in total. The van der Waals surface area contributed by atoms with Gasteiger partial charge < -0.3 is 10.1 Å². The van der Waals surface area contributed by atoms with Gasteiger partial charge in [-0.1, -0.05) is 18.5 Å². The first-order valence-corrected chi connectivity index (χ1v) is 15.8. The van der Waals surface area contributed by atoms with Gasteiger partial charge in [0.15, 0.2) is 9.84 Å². The molecule has 1 aromatic heterocycles. The number of carbonyl (C=O) groups is 1. The zero-order chi connectivity index (χ0) is 31.7. The normalized spacial score (nSPS) is 16.8. The van der Waals surface area contributed by atoms with Crippen molar-refractivity contribution in [1.29, 1.82) is 0 Å². The van der Waals surface area contributed by atoms with Crippen molar-refractivity contribution in [3.05, 3.63) is 68.7 Å². The molecule has 0 saturated carbocycles. The van der Waals surface area contributed by atoms with Gasteiger partial charge in [-0.05, 0) is 81.6 Å². The number of sulfone groups is 1. The molecule has 234 valence electrons. The Morgan fingerprint density at radius 1 is 1.14 bits per heavy atom. The predicted octanol–water partition coefficient (Wildman–Crippen LogP) is 5.40. The molecular weight excluding hydrogens is 609 g/mol. The molecule has 9 nitrogen and oxygen atoms in total. The van der Waals surface area contributed by atoms with E-state index in [1.165, 1.54) is 37.5 Å². The molecule has 1 saturated heterocycles. The van der Waals surface area contributed by atoms with Crippen molar-refractivity contribution in [2.45, 2.75) is 76.3 Å². The lowest BCUT2D eigenvalue weighted by molar-refractivity contribution is -0.138. The number of aromatic nitrogens is 2. The van der Waals surface area contributed by atoms with E-state index in [1.807, 2.05) is 4.90 Å². The third-order valence-corrected chi connectivity index (χ3v) is 9.12. The molecule has 4 rings (SSSR count). The van der Waals surface area contributed by atoms with Crippen molar-refractivity contribution in [1.82, 2.24) is 19.8 Å². The highest BCUT2D eigenvalue weighted by molar-refractivity contribution is 7.91. The zero-order valence-corrected chi connectivity index (χ0v) is 25.9. The van der Waals surface area contributed by atoms with Crippen LogP contribution in [0.2, 0.25) is 5.02 Å². The Morgan fingerprint density at radius 3 is 2.51 bits per heavy atom. The first-order chi connectivity index (χ1) is 20.0. The molecule has 3 aromatic rings. The van der Waals surface area contributed by atoms with E-state index >= 15 is 0 Å². The number of likely N-dealkylation sites (tertiary alicyclic amines) is 1. The summed E-state index contributed by atoms with van der Waals surface area (Å²) in [6.45, 7) is 7.24. The Hall–Kier alpha value is -3.16.